The molecule has 0 spiro atoms. The van der Waals surface area contributed by atoms with Gasteiger partial charge in [0.1, 0.15) is 4.90 Å². The normalized spacial score (nSPS) is 17.8. The van der Waals surface area contributed by atoms with Crippen molar-refractivity contribution in [2.45, 2.75) is 4.90 Å². The van der Waals surface area contributed by atoms with Gasteiger partial charge in [-0.05, 0) is 12.1 Å². The first-order chi connectivity index (χ1) is 9.73. The van der Waals surface area contributed by atoms with Crippen LogP contribution < -0.4 is 0 Å². The van der Waals surface area contributed by atoms with Crippen LogP contribution in [0.15, 0.2) is 21.5 Å². The van der Waals surface area contributed by atoms with Gasteiger partial charge >= 0.3 is 5.97 Å². The number of halogens is 2. The molecule has 0 bridgehead atoms. The second kappa shape index (κ2) is 6.11. The minimum Gasteiger partial charge on any atom is -0.478 e. The minimum atomic E-state index is -4.16. The molecule has 0 unspecified atom stereocenters. The highest BCUT2D eigenvalue weighted by molar-refractivity contribution is 9.10. The molecule has 1 N–H and O–H groups in total. The van der Waals surface area contributed by atoms with Gasteiger partial charge in [0.05, 0.1) is 5.56 Å². The van der Waals surface area contributed by atoms with Crippen LogP contribution in [0.25, 0.3) is 0 Å². The highest BCUT2D eigenvalue weighted by Gasteiger charge is 2.32. The standard InChI is InChI=1S/C11H11BrFNO5S2/c12-7-5-8(11(15)16)10(13)9(6-7)21(18,19)14-1-3-20(17)4-2-14/h5-6H,1-4H2,(H,15,16). The lowest BCUT2D eigenvalue weighted by Crippen LogP contribution is -2.42. The van der Waals surface area contributed by atoms with E-state index in [1.165, 1.54) is 0 Å². The zero-order valence-electron chi connectivity index (χ0n) is 10.6. The Hall–Kier alpha value is -0.840. The van der Waals surface area contributed by atoms with Crippen LogP contribution in [0.3, 0.4) is 0 Å². The molecule has 0 radical (unpaired) electrons. The lowest BCUT2D eigenvalue weighted by atomic mass is 10.2. The van der Waals surface area contributed by atoms with E-state index in [9.17, 15) is 21.8 Å². The summed E-state index contributed by atoms with van der Waals surface area (Å²) in [5.74, 6) is -2.48. The van der Waals surface area contributed by atoms with Gasteiger partial charge in [-0.1, -0.05) is 15.9 Å². The summed E-state index contributed by atoms with van der Waals surface area (Å²) in [4.78, 5) is 10.3. The van der Waals surface area contributed by atoms with Crippen molar-refractivity contribution in [2.24, 2.45) is 0 Å². The van der Waals surface area contributed by atoms with E-state index < -0.39 is 43.1 Å². The van der Waals surface area contributed by atoms with E-state index in [0.717, 1.165) is 16.4 Å². The van der Waals surface area contributed by atoms with Gasteiger partial charge in [0.15, 0.2) is 5.82 Å². The first-order valence-corrected chi connectivity index (χ1v) is 9.53. The van der Waals surface area contributed by atoms with Gasteiger partial charge in [0, 0.05) is 39.9 Å². The van der Waals surface area contributed by atoms with Gasteiger partial charge < -0.3 is 5.11 Å². The molecule has 1 aromatic carbocycles. The third-order valence-corrected chi connectivity index (χ3v) is 6.62. The molecule has 116 valence electrons. The number of carboxylic acids is 1. The Morgan fingerprint density at radius 2 is 1.90 bits per heavy atom. The molecule has 1 fully saturated rings. The van der Waals surface area contributed by atoms with Crippen LogP contribution in [-0.4, -0.2) is 52.6 Å². The number of hydrogen-bond donors (Lipinski definition) is 1. The quantitative estimate of drug-likeness (QED) is 0.819. The molecule has 0 aromatic heterocycles. The maximum atomic E-state index is 14.2. The number of carbonyl (C=O) groups is 1. The number of nitrogens with zero attached hydrogens (tertiary/aromatic N) is 1. The molecule has 2 rings (SSSR count). The second-order valence-corrected chi connectivity index (χ2v) is 8.84. The lowest BCUT2D eigenvalue weighted by Gasteiger charge is -2.26. The van der Waals surface area contributed by atoms with Crippen molar-refractivity contribution in [3.63, 3.8) is 0 Å². The van der Waals surface area contributed by atoms with Crippen LogP contribution in [0.2, 0.25) is 0 Å². The Bertz CT molecular complexity index is 712. The van der Waals surface area contributed by atoms with Gasteiger partial charge in [-0.25, -0.2) is 17.6 Å². The van der Waals surface area contributed by atoms with Crippen molar-refractivity contribution in [1.82, 2.24) is 4.31 Å². The molecule has 0 aliphatic carbocycles. The lowest BCUT2D eigenvalue weighted by molar-refractivity contribution is 0.0691. The van der Waals surface area contributed by atoms with Crippen molar-refractivity contribution in [1.29, 1.82) is 0 Å². The molecule has 1 aliphatic rings. The van der Waals surface area contributed by atoms with Crippen LogP contribution in [0.5, 0.6) is 0 Å². The summed E-state index contributed by atoms with van der Waals surface area (Å²) in [5.41, 5.74) is -0.719. The van der Waals surface area contributed by atoms with Gasteiger partial charge in [0.2, 0.25) is 10.0 Å². The number of benzene rings is 1. The molecular weight excluding hydrogens is 389 g/mol. The third-order valence-electron chi connectivity index (χ3n) is 2.99. The molecule has 6 nitrogen and oxygen atoms in total. The van der Waals surface area contributed by atoms with E-state index in [0.29, 0.717) is 0 Å². The van der Waals surface area contributed by atoms with E-state index in [-0.39, 0.29) is 29.1 Å². The van der Waals surface area contributed by atoms with Gasteiger partial charge in [0.25, 0.3) is 0 Å². The zero-order chi connectivity index (χ0) is 15.8. The fourth-order valence-electron chi connectivity index (χ4n) is 1.91. The number of hydrogen-bond acceptors (Lipinski definition) is 4. The molecule has 0 atom stereocenters. The topological polar surface area (TPSA) is 91.8 Å². The summed E-state index contributed by atoms with van der Waals surface area (Å²) in [5, 5.41) is 8.92. The predicted octanol–water partition coefficient (Wildman–Crippen LogP) is 1.04. The molecule has 1 aliphatic heterocycles. The molecule has 1 saturated heterocycles. The number of aromatic carboxylic acids is 1. The Morgan fingerprint density at radius 3 is 2.43 bits per heavy atom. The van der Waals surface area contributed by atoms with Gasteiger partial charge in [-0.2, -0.15) is 4.31 Å². The average molecular weight is 400 g/mol. The van der Waals surface area contributed by atoms with Crippen molar-refractivity contribution in [2.75, 3.05) is 24.6 Å². The number of carboxylic acid groups (broad SMARTS) is 1. The van der Waals surface area contributed by atoms with Crippen molar-refractivity contribution in [3.8, 4) is 0 Å². The fraction of sp³-hybridized carbons (Fsp3) is 0.364. The summed E-state index contributed by atoms with van der Waals surface area (Å²) in [7, 11) is -5.24. The van der Waals surface area contributed by atoms with E-state index in [2.05, 4.69) is 15.9 Å². The first kappa shape index (κ1) is 16.5. The molecular formula is C11H11BrFNO5S2. The summed E-state index contributed by atoms with van der Waals surface area (Å²) in [6.45, 7) is 0.0343. The van der Waals surface area contributed by atoms with Crippen LogP contribution in [0.4, 0.5) is 4.39 Å². The van der Waals surface area contributed by atoms with Crippen LogP contribution >= 0.6 is 15.9 Å². The predicted molar refractivity (Wildman–Crippen MR) is 77.7 cm³/mol. The molecule has 1 aromatic rings. The van der Waals surface area contributed by atoms with E-state index in [4.69, 9.17) is 5.11 Å². The highest BCUT2D eigenvalue weighted by atomic mass is 79.9. The molecule has 10 heteroatoms. The maximum absolute atomic E-state index is 14.2. The summed E-state index contributed by atoms with van der Waals surface area (Å²) < 4.78 is 51.4. The Balaban J connectivity index is 2.50. The smallest absolute Gasteiger partial charge is 0.338 e. The number of rotatable bonds is 3. The molecule has 21 heavy (non-hydrogen) atoms. The third kappa shape index (κ3) is 3.33. The van der Waals surface area contributed by atoms with E-state index in [1.54, 1.807) is 0 Å². The Labute approximate surface area is 131 Å². The van der Waals surface area contributed by atoms with Gasteiger partial charge in [-0.3, -0.25) is 4.21 Å². The summed E-state index contributed by atoms with van der Waals surface area (Å²) in [6, 6.07) is 2.03. The second-order valence-electron chi connectivity index (χ2n) is 4.32. The largest absolute Gasteiger partial charge is 0.478 e. The Kier molecular flexibility index (Phi) is 4.81. The molecule has 1 heterocycles. The summed E-state index contributed by atoms with van der Waals surface area (Å²) in [6.07, 6.45) is 0. The summed E-state index contributed by atoms with van der Waals surface area (Å²) >= 11 is 2.98. The molecule has 0 amide bonds. The molecule has 0 saturated carbocycles. The Morgan fingerprint density at radius 1 is 1.33 bits per heavy atom. The SMILES string of the molecule is O=C(O)c1cc(Br)cc(S(=O)(=O)N2CCS(=O)CC2)c1F. The average Bonchev–Trinajstić information content (AvgIpc) is 2.41. The number of sulfonamides is 1. The highest BCUT2D eigenvalue weighted by Crippen LogP contribution is 2.27. The van der Waals surface area contributed by atoms with Crippen molar-refractivity contribution >= 4 is 42.7 Å². The fourth-order valence-corrected chi connectivity index (χ4v) is 5.35. The van der Waals surface area contributed by atoms with Crippen LogP contribution in [-0.2, 0) is 20.8 Å². The van der Waals surface area contributed by atoms with E-state index in [1.807, 2.05) is 0 Å². The van der Waals surface area contributed by atoms with E-state index >= 15 is 0 Å². The van der Waals surface area contributed by atoms with Crippen molar-refractivity contribution in [3.05, 3.63) is 28.0 Å². The van der Waals surface area contributed by atoms with Crippen LogP contribution in [0, 0.1) is 5.82 Å². The van der Waals surface area contributed by atoms with Crippen LogP contribution in [0.1, 0.15) is 10.4 Å². The maximum Gasteiger partial charge on any atom is 0.338 e. The first-order valence-electron chi connectivity index (χ1n) is 5.81. The van der Waals surface area contributed by atoms with Crippen molar-refractivity contribution < 1.29 is 26.9 Å². The monoisotopic (exact) mass is 399 g/mol. The van der Waals surface area contributed by atoms with Gasteiger partial charge in [-0.15, -0.1) is 0 Å². The zero-order valence-corrected chi connectivity index (χ0v) is 13.8. The minimum absolute atomic E-state index is 0.0172.